The quantitative estimate of drug-likeness (QED) is 0.715. The number of fused-ring (bicyclic) bond motifs is 1. The van der Waals surface area contributed by atoms with E-state index in [9.17, 15) is 4.79 Å². The minimum absolute atomic E-state index is 0.304. The van der Waals surface area contributed by atoms with Gasteiger partial charge in [-0.3, -0.25) is 4.79 Å². The molecule has 0 atom stereocenters. The van der Waals surface area contributed by atoms with Crippen molar-refractivity contribution in [1.82, 2.24) is 5.16 Å². The average Bonchev–Trinajstić information content (AvgIpc) is 3.04. The van der Waals surface area contributed by atoms with Gasteiger partial charge < -0.3 is 14.6 Å². The third-order valence-electron chi connectivity index (χ3n) is 4.40. The Bertz CT molecular complexity index is 981. The number of amides is 1. The van der Waals surface area contributed by atoms with E-state index in [-0.39, 0.29) is 5.91 Å². The van der Waals surface area contributed by atoms with Crippen molar-refractivity contribution in [2.24, 2.45) is 0 Å². The molecule has 26 heavy (non-hydrogen) atoms. The normalized spacial score (nSPS) is 13.0. The number of rotatable bonds is 3. The zero-order chi connectivity index (χ0) is 18.1. The smallest absolute Gasteiger partial charge is 0.261 e. The predicted octanol–water partition coefficient (Wildman–Crippen LogP) is 4.88. The highest BCUT2D eigenvalue weighted by atomic mass is 35.5. The Morgan fingerprint density at radius 1 is 1.19 bits per heavy atom. The Hall–Kier alpha value is -2.79. The van der Waals surface area contributed by atoms with Crippen LogP contribution in [0.5, 0.6) is 5.75 Å². The summed E-state index contributed by atoms with van der Waals surface area (Å²) in [6, 6.07) is 13.0. The molecule has 2 aromatic carbocycles. The fraction of sp³-hybridized carbons (Fsp3) is 0.200. The fourth-order valence-electron chi connectivity index (χ4n) is 3.15. The second-order valence-electron chi connectivity index (χ2n) is 6.14. The lowest BCUT2D eigenvalue weighted by Crippen LogP contribution is -2.17. The van der Waals surface area contributed by atoms with Crippen molar-refractivity contribution in [3.8, 4) is 17.0 Å². The molecule has 1 aliphatic rings. The Kier molecular flexibility index (Phi) is 4.39. The lowest BCUT2D eigenvalue weighted by atomic mass is 10.0. The first kappa shape index (κ1) is 16.7. The molecule has 132 valence electrons. The molecule has 6 heteroatoms. The summed E-state index contributed by atoms with van der Waals surface area (Å²) < 4.78 is 11.0. The fourth-order valence-corrected chi connectivity index (χ4v) is 3.37. The van der Waals surface area contributed by atoms with Gasteiger partial charge in [0.15, 0.2) is 0 Å². The average molecular weight is 369 g/mol. The third-order valence-corrected chi connectivity index (χ3v) is 4.73. The molecule has 0 spiro atoms. The lowest BCUT2D eigenvalue weighted by molar-refractivity contribution is 0.102. The monoisotopic (exact) mass is 368 g/mol. The van der Waals surface area contributed by atoms with Gasteiger partial charge in [0.25, 0.3) is 5.91 Å². The second kappa shape index (κ2) is 6.84. The number of carbonyl (C=O) groups is 1. The molecular formula is C20H17ClN2O3. The van der Waals surface area contributed by atoms with Crippen LogP contribution in [-0.4, -0.2) is 17.7 Å². The maximum absolute atomic E-state index is 13.0. The van der Waals surface area contributed by atoms with Crippen molar-refractivity contribution >= 4 is 23.2 Å². The molecule has 0 saturated heterocycles. The summed E-state index contributed by atoms with van der Waals surface area (Å²) in [5, 5.41) is 7.49. The summed E-state index contributed by atoms with van der Waals surface area (Å²) in [5.74, 6) is 0.866. The van der Waals surface area contributed by atoms with Crippen molar-refractivity contribution < 1.29 is 14.1 Å². The largest absolute Gasteiger partial charge is 0.491 e. The number of aryl methyl sites for hydroxylation is 2. The first-order valence-corrected chi connectivity index (χ1v) is 8.80. The number of para-hydroxylation sites is 1. The van der Waals surface area contributed by atoms with Gasteiger partial charge in [-0.1, -0.05) is 47.1 Å². The summed E-state index contributed by atoms with van der Waals surface area (Å²) in [5.41, 5.74) is 3.20. The number of ether oxygens (including phenoxy) is 1. The molecule has 0 fully saturated rings. The Labute approximate surface area is 155 Å². The molecule has 4 rings (SSSR count). The van der Waals surface area contributed by atoms with E-state index < -0.39 is 0 Å². The van der Waals surface area contributed by atoms with Gasteiger partial charge >= 0.3 is 0 Å². The van der Waals surface area contributed by atoms with Gasteiger partial charge in [0.1, 0.15) is 22.8 Å². The Balaban J connectivity index is 1.71. The molecule has 1 amide bonds. The lowest BCUT2D eigenvalue weighted by Gasteiger charge is -2.20. The number of carbonyl (C=O) groups excluding carboxylic acids is 1. The van der Waals surface area contributed by atoms with Crippen molar-refractivity contribution in [3.05, 3.63) is 64.4 Å². The van der Waals surface area contributed by atoms with Gasteiger partial charge in [0.2, 0.25) is 0 Å². The summed E-state index contributed by atoms with van der Waals surface area (Å²) in [6.45, 7) is 2.36. The first-order valence-electron chi connectivity index (χ1n) is 8.42. The summed E-state index contributed by atoms with van der Waals surface area (Å²) in [7, 11) is 0. The number of hydrogen-bond donors (Lipinski definition) is 1. The Morgan fingerprint density at radius 2 is 2.04 bits per heavy atom. The minimum Gasteiger partial charge on any atom is -0.491 e. The molecule has 0 aliphatic carbocycles. The SMILES string of the molecule is Cc1onc(-c2ccccc2Cl)c1C(=O)Nc1cccc2c1OCCC2. The predicted molar refractivity (Wildman–Crippen MR) is 99.9 cm³/mol. The van der Waals surface area contributed by atoms with E-state index in [0.717, 1.165) is 24.2 Å². The van der Waals surface area contributed by atoms with E-state index in [0.29, 0.717) is 39.9 Å². The molecule has 5 nitrogen and oxygen atoms in total. The molecule has 0 radical (unpaired) electrons. The van der Waals surface area contributed by atoms with Crippen LogP contribution in [0.1, 0.15) is 28.1 Å². The summed E-state index contributed by atoms with van der Waals surface area (Å²) in [6.07, 6.45) is 1.92. The van der Waals surface area contributed by atoms with Crippen LogP contribution in [0.2, 0.25) is 5.02 Å². The second-order valence-corrected chi connectivity index (χ2v) is 6.55. The van der Waals surface area contributed by atoms with Crippen LogP contribution >= 0.6 is 11.6 Å². The van der Waals surface area contributed by atoms with E-state index in [4.69, 9.17) is 20.9 Å². The number of hydrogen-bond acceptors (Lipinski definition) is 4. The van der Waals surface area contributed by atoms with E-state index in [1.54, 1.807) is 13.0 Å². The highest BCUT2D eigenvalue weighted by molar-refractivity contribution is 6.33. The summed E-state index contributed by atoms with van der Waals surface area (Å²) in [4.78, 5) is 13.0. The standard InChI is InChI=1S/C20H17ClN2O3/c1-12-17(18(23-26-12)14-8-2-3-9-15(14)21)20(24)22-16-10-4-6-13-7-5-11-25-19(13)16/h2-4,6,8-10H,5,7,11H2,1H3,(H,22,24). The van der Waals surface area contributed by atoms with Crippen LogP contribution < -0.4 is 10.1 Å². The maximum atomic E-state index is 13.0. The van der Waals surface area contributed by atoms with Crippen LogP contribution in [0.15, 0.2) is 47.0 Å². The summed E-state index contributed by atoms with van der Waals surface area (Å²) >= 11 is 6.27. The first-order chi connectivity index (χ1) is 12.6. The van der Waals surface area contributed by atoms with Gasteiger partial charge in [0.05, 0.1) is 17.3 Å². The highest BCUT2D eigenvalue weighted by Gasteiger charge is 2.24. The molecule has 3 aromatic rings. The molecule has 1 aromatic heterocycles. The molecule has 0 saturated carbocycles. The zero-order valence-electron chi connectivity index (χ0n) is 14.2. The van der Waals surface area contributed by atoms with E-state index in [2.05, 4.69) is 10.5 Å². The van der Waals surface area contributed by atoms with E-state index >= 15 is 0 Å². The highest BCUT2D eigenvalue weighted by Crippen LogP contribution is 2.35. The molecule has 0 bridgehead atoms. The van der Waals surface area contributed by atoms with E-state index in [1.807, 2.05) is 36.4 Å². The third kappa shape index (κ3) is 2.95. The van der Waals surface area contributed by atoms with Crippen LogP contribution in [-0.2, 0) is 6.42 Å². The number of benzene rings is 2. The van der Waals surface area contributed by atoms with Crippen LogP contribution in [0, 0.1) is 6.92 Å². The topological polar surface area (TPSA) is 64.4 Å². The molecule has 1 aliphatic heterocycles. The molecule has 1 N–H and O–H groups in total. The zero-order valence-corrected chi connectivity index (χ0v) is 15.0. The van der Waals surface area contributed by atoms with Gasteiger partial charge in [-0.15, -0.1) is 0 Å². The van der Waals surface area contributed by atoms with Gasteiger partial charge in [-0.25, -0.2) is 0 Å². The number of nitrogens with one attached hydrogen (secondary N) is 1. The molecule has 2 heterocycles. The maximum Gasteiger partial charge on any atom is 0.261 e. The van der Waals surface area contributed by atoms with Crippen LogP contribution in [0.25, 0.3) is 11.3 Å². The van der Waals surface area contributed by atoms with Gasteiger partial charge in [-0.05, 0) is 37.5 Å². The van der Waals surface area contributed by atoms with Crippen molar-refractivity contribution in [2.75, 3.05) is 11.9 Å². The van der Waals surface area contributed by atoms with Crippen LogP contribution in [0.3, 0.4) is 0 Å². The van der Waals surface area contributed by atoms with Gasteiger partial charge in [0, 0.05) is 5.56 Å². The van der Waals surface area contributed by atoms with Crippen molar-refractivity contribution in [1.29, 1.82) is 0 Å². The number of halogens is 1. The minimum atomic E-state index is -0.304. The number of nitrogens with zero attached hydrogens (tertiary/aromatic N) is 1. The molecule has 0 unspecified atom stereocenters. The number of anilines is 1. The Morgan fingerprint density at radius 3 is 2.88 bits per heavy atom. The number of aromatic nitrogens is 1. The van der Waals surface area contributed by atoms with Crippen LogP contribution in [0.4, 0.5) is 5.69 Å². The van der Waals surface area contributed by atoms with Gasteiger partial charge in [-0.2, -0.15) is 0 Å². The molecular weight excluding hydrogens is 352 g/mol. The van der Waals surface area contributed by atoms with Crippen molar-refractivity contribution in [3.63, 3.8) is 0 Å². The van der Waals surface area contributed by atoms with E-state index in [1.165, 1.54) is 0 Å². The van der Waals surface area contributed by atoms with Crippen molar-refractivity contribution in [2.45, 2.75) is 19.8 Å².